The van der Waals surface area contributed by atoms with Gasteiger partial charge in [-0.1, -0.05) is 44.2 Å². The summed E-state index contributed by atoms with van der Waals surface area (Å²) in [4.78, 5) is 16.2. The topological polar surface area (TPSA) is 119 Å². The number of fused-ring (bicyclic) bond motifs is 6. The largest absolute Gasteiger partial charge is 0.476 e. The van der Waals surface area contributed by atoms with Gasteiger partial charge in [0.05, 0.1) is 11.6 Å². The first-order valence-electron chi connectivity index (χ1n) is 16.5. The van der Waals surface area contributed by atoms with Gasteiger partial charge in [-0.15, -0.1) is 5.10 Å². The fourth-order valence-electron chi connectivity index (χ4n) is 5.47. The molecule has 276 valence electrons. The van der Waals surface area contributed by atoms with Crippen molar-refractivity contribution in [2.75, 3.05) is 42.5 Å². The fourth-order valence-corrected chi connectivity index (χ4v) is 6.07. The number of nitrogens with zero attached hydrogens (tertiary/aromatic N) is 7. The number of alkyl halides is 5. The minimum Gasteiger partial charge on any atom is -0.476 e. The molecule has 0 amide bonds. The van der Waals surface area contributed by atoms with Crippen LogP contribution in [-0.2, 0) is 16.1 Å². The number of H-pyrrole nitrogens is 1. The van der Waals surface area contributed by atoms with E-state index in [1.807, 2.05) is 24.3 Å². The van der Waals surface area contributed by atoms with Crippen LogP contribution in [0.1, 0.15) is 45.4 Å². The van der Waals surface area contributed by atoms with Crippen molar-refractivity contribution < 1.29 is 31.4 Å². The monoisotopic (exact) mass is 743 g/mol. The number of benzene rings is 1. The van der Waals surface area contributed by atoms with Crippen LogP contribution < -0.4 is 14.4 Å². The lowest BCUT2D eigenvalue weighted by Crippen LogP contribution is -2.39. The fraction of sp³-hybridized carbons (Fsp3) is 0.400. The number of rotatable bonds is 7. The van der Waals surface area contributed by atoms with E-state index in [1.165, 1.54) is 53.3 Å². The maximum atomic E-state index is 16.0. The zero-order chi connectivity index (χ0) is 37.1. The molecule has 1 aliphatic heterocycles. The average molecular weight is 744 g/mol. The Labute approximate surface area is 301 Å². The van der Waals surface area contributed by atoms with Crippen LogP contribution in [-0.4, -0.2) is 74.0 Å². The number of hydrogen-bond acceptors (Lipinski definition) is 10. The Balaban J connectivity index is 1.35. The molecule has 6 rings (SSSR count). The number of anilines is 2. The molecule has 0 fully saturated rings. The molecule has 0 radical (unpaired) electrons. The van der Waals surface area contributed by atoms with Crippen LogP contribution in [0.4, 0.5) is 33.6 Å². The van der Waals surface area contributed by atoms with Gasteiger partial charge in [-0.3, -0.25) is 5.10 Å². The molecular formula is C35H38F5N9O2S. The smallest absolute Gasteiger partial charge is 0.397 e. The summed E-state index contributed by atoms with van der Waals surface area (Å²) in [6, 6.07) is 14.8. The summed E-state index contributed by atoms with van der Waals surface area (Å²) in [6.45, 7) is 5.76. The highest BCUT2D eigenvalue weighted by atomic mass is 32.2. The van der Waals surface area contributed by atoms with E-state index >= 15 is 8.78 Å². The summed E-state index contributed by atoms with van der Waals surface area (Å²) < 4.78 is 87.7. The van der Waals surface area contributed by atoms with Gasteiger partial charge in [0, 0.05) is 72.3 Å². The predicted octanol–water partition coefficient (Wildman–Crippen LogP) is 7.83. The summed E-state index contributed by atoms with van der Waals surface area (Å²) in [5, 5.41) is 12.0. The first-order chi connectivity index (χ1) is 24.6. The molecule has 0 spiro atoms. The number of pyridine rings is 1. The van der Waals surface area contributed by atoms with Gasteiger partial charge in [0.2, 0.25) is 5.88 Å². The maximum Gasteiger partial charge on any atom is 0.397 e. The van der Waals surface area contributed by atoms with E-state index in [0.29, 0.717) is 30.4 Å². The van der Waals surface area contributed by atoms with Gasteiger partial charge >= 0.3 is 6.18 Å². The molecule has 2 N–H and O–H groups in total. The van der Waals surface area contributed by atoms with Gasteiger partial charge in [-0.2, -0.15) is 27.1 Å². The first-order valence-corrected chi connectivity index (χ1v) is 17.3. The van der Waals surface area contributed by atoms with Crippen molar-refractivity contribution in [1.82, 2.24) is 34.9 Å². The second-order valence-electron chi connectivity index (χ2n) is 13.7. The van der Waals surface area contributed by atoms with Crippen LogP contribution in [0.15, 0.2) is 78.2 Å². The van der Waals surface area contributed by atoms with Gasteiger partial charge in [0.15, 0.2) is 11.6 Å². The number of nitrogens with one attached hydrogen (secondary N) is 2. The minimum atomic E-state index is -4.50. The molecule has 52 heavy (non-hydrogen) atoms. The van der Waals surface area contributed by atoms with E-state index in [2.05, 4.69) is 43.7 Å². The molecule has 5 aromatic rings. The SMILES string of the molecule is CC(C)(CN1CCCOCC(F)(F)c2ccccc2-c2nc(cnc2-n2ccc(OCC(C)(C)C(F)(F)F)n2)NSc2cccc1n2)c1ccn[nH]1. The van der Waals surface area contributed by atoms with Gasteiger partial charge in [-0.05, 0) is 38.5 Å². The maximum absolute atomic E-state index is 16.0. The number of hydrogen-bond donors (Lipinski definition) is 2. The van der Waals surface area contributed by atoms with Crippen LogP contribution in [0, 0.1) is 5.41 Å². The van der Waals surface area contributed by atoms with E-state index in [9.17, 15) is 13.2 Å². The van der Waals surface area contributed by atoms with Gasteiger partial charge in [-0.25, -0.2) is 19.6 Å². The second-order valence-corrected chi connectivity index (χ2v) is 14.5. The molecule has 4 bridgehead atoms. The van der Waals surface area contributed by atoms with Crippen LogP contribution in [0.3, 0.4) is 0 Å². The Hall–Kier alpha value is -4.77. The molecule has 11 nitrogen and oxygen atoms in total. The Morgan fingerprint density at radius 3 is 2.58 bits per heavy atom. The molecule has 0 saturated heterocycles. The Morgan fingerprint density at radius 2 is 1.81 bits per heavy atom. The average Bonchev–Trinajstić information content (AvgIpc) is 3.82. The molecular weight excluding hydrogens is 706 g/mol. The normalized spacial score (nSPS) is 15.8. The van der Waals surface area contributed by atoms with Crippen LogP contribution >= 0.6 is 11.9 Å². The van der Waals surface area contributed by atoms with Crippen molar-refractivity contribution in [3.63, 3.8) is 0 Å². The first kappa shape index (κ1) is 37.0. The van der Waals surface area contributed by atoms with Gasteiger partial charge in [0.1, 0.15) is 29.8 Å². The van der Waals surface area contributed by atoms with Crippen molar-refractivity contribution >= 4 is 23.6 Å². The molecule has 0 aliphatic carbocycles. The highest BCUT2D eigenvalue weighted by Gasteiger charge is 2.48. The number of aromatic nitrogens is 7. The summed E-state index contributed by atoms with van der Waals surface area (Å²) >= 11 is 1.17. The standard InChI is InChI=1S/C35H38F5N9O2S/c1-32(2,25-13-15-42-45-25)20-48-16-8-18-50-22-34(36,37)24-10-6-5-9-23(24)30-31(41-19-26(43-30)47-52-29-12-7-11-27(48)44-29)49-17-14-28(46-49)51-21-33(3,4)35(38,39)40/h5-7,9-15,17,19H,8,16,18,20-22H2,1-4H3,(H,42,45)(H,43,47). The third kappa shape index (κ3) is 8.30. The number of aromatic amines is 1. The highest BCUT2D eigenvalue weighted by Crippen LogP contribution is 2.40. The van der Waals surface area contributed by atoms with Crippen LogP contribution in [0.2, 0.25) is 0 Å². The molecule has 17 heteroatoms. The lowest BCUT2D eigenvalue weighted by molar-refractivity contribution is -0.219. The highest BCUT2D eigenvalue weighted by molar-refractivity contribution is 8.00. The van der Waals surface area contributed by atoms with Gasteiger partial charge < -0.3 is 19.1 Å². The predicted molar refractivity (Wildman–Crippen MR) is 187 cm³/mol. The Bertz CT molecular complexity index is 1970. The van der Waals surface area contributed by atoms with Crippen LogP contribution in [0.25, 0.3) is 17.1 Å². The molecule has 4 aromatic heterocycles. The lowest BCUT2D eigenvalue weighted by Gasteiger charge is -2.33. The third-order valence-corrected chi connectivity index (χ3v) is 9.32. The lowest BCUT2D eigenvalue weighted by atomic mass is 9.88. The molecule has 1 aliphatic rings. The molecule has 0 atom stereocenters. The summed E-state index contributed by atoms with van der Waals surface area (Å²) in [5.74, 6) is -2.55. The number of ether oxygens (including phenoxy) is 2. The number of halogens is 5. The van der Waals surface area contributed by atoms with E-state index in [0.717, 1.165) is 19.5 Å². The summed E-state index contributed by atoms with van der Waals surface area (Å²) in [7, 11) is 0. The Kier molecular flexibility index (Phi) is 10.5. The van der Waals surface area contributed by atoms with E-state index in [1.54, 1.807) is 12.3 Å². The van der Waals surface area contributed by atoms with Crippen molar-refractivity contribution in [2.45, 2.75) is 56.7 Å². The zero-order valence-corrected chi connectivity index (χ0v) is 29.7. The molecule has 0 unspecified atom stereocenters. The van der Waals surface area contributed by atoms with E-state index in [-0.39, 0.29) is 46.4 Å². The molecule has 0 saturated carbocycles. The third-order valence-electron chi connectivity index (χ3n) is 8.57. The molecule has 1 aromatic carbocycles. The molecule has 5 heterocycles. The quantitative estimate of drug-likeness (QED) is 0.126. The van der Waals surface area contributed by atoms with Crippen molar-refractivity contribution in [3.8, 4) is 23.0 Å². The van der Waals surface area contributed by atoms with Gasteiger partial charge in [0.25, 0.3) is 5.92 Å². The summed E-state index contributed by atoms with van der Waals surface area (Å²) in [6.07, 6.45) is 0.473. The van der Waals surface area contributed by atoms with Crippen molar-refractivity contribution in [3.05, 3.63) is 84.4 Å². The van der Waals surface area contributed by atoms with Crippen molar-refractivity contribution in [2.24, 2.45) is 5.41 Å². The van der Waals surface area contributed by atoms with E-state index < -0.39 is 30.7 Å². The minimum absolute atomic E-state index is 0.0457. The second kappa shape index (κ2) is 14.7. The Morgan fingerprint density at radius 1 is 1.00 bits per heavy atom. The zero-order valence-electron chi connectivity index (χ0n) is 28.9. The van der Waals surface area contributed by atoms with E-state index in [4.69, 9.17) is 19.4 Å². The summed E-state index contributed by atoms with van der Waals surface area (Å²) in [5.41, 5.74) is -1.76. The van der Waals surface area contributed by atoms with Crippen LogP contribution in [0.5, 0.6) is 5.88 Å². The van der Waals surface area contributed by atoms with Crippen molar-refractivity contribution in [1.29, 1.82) is 0 Å².